The molecular weight excluding hydrogens is 308 g/mol. The molecule has 21 heavy (non-hydrogen) atoms. The lowest BCUT2D eigenvalue weighted by Gasteiger charge is -2.13. The number of halogens is 1. The van der Waals surface area contributed by atoms with E-state index in [1.807, 2.05) is 48.5 Å². The fraction of sp³-hybridized carbons (Fsp3) is 0.188. The van der Waals surface area contributed by atoms with Gasteiger partial charge < -0.3 is 9.29 Å². The van der Waals surface area contributed by atoms with Crippen molar-refractivity contribution in [3.63, 3.8) is 0 Å². The Labute approximate surface area is 132 Å². The summed E-state index contributed by atoms with van der Waals surface area (Å²) in [6.45, 7) is 0. The average Bonchev–Trinajstić information content (AvgIpc) is 2.48. The van der Waals surface area contributed by atoms with Gasteiger partial charge in [-0.15, -0.1) is 0 Å². The largest absolute Gasteiger partial charge is 0.616 e. The molecule has 2 aromatic rings. The molecule has 0 aliphatic rings. The quantitative estimate of drug-likeness (QED) is 0.626. The topological polar surface area (TPSA) is 49.4 Å². The number of methoxy groups -OCH3 is 1. The minimum absolute atomic E-state index is 0.0918. The lowest BCUT2D eigenvalue weighted by Crippen LogP contribution is -2.19. The molecule has 0 heterocycles. The fourth-order valence-corrected chi connectivity index (χ4v) is 3.18. The van der Waals surface area contributed by atoms with Gasteiger partial charge in [-0.3, -0.25) is 0 Å². The molecule has 0 bridgehead atoms. The van der Waals surface area contributed by atoms with E-state index in [0.29, 0.717) is 10.8 Å². The highest BCUT2D eigenvalue weighted by atomic mass is 35.5. The summed E-state index contributed by atoms with van der Waals surface area (Å²) in [5.41, 5.74) is 2.93. The third-order valence-electron chi connectivity index (χ3n) is 3.00. The summed E-state index contributed by atoms with van der Waals surface area (Å²) in [5.74, 6) is -0.239. The molecule has 0 radical (unpaired) electrons. The Morgan fingerprint density at radius 1 is 1.19 bits per heavy atom. The SMILES string of the molecule is COC(=O)C[S+]([O-])Cc1ccccc1-c1ccc(Cl)cc1. The highest BCUT2D eigenvalue weighted by Crippen LogP contribution is 2.26. The zero-order valence-electron chi connectivity index (χ0n) is 11.5. The summed E-state index contributed by atoms with van der Waals surface area (Å²) in [7, 11) is 1.29. The molecule has 2 aromatic carbocycles. The molecule has 0 saturated heterocycles. The number of benzene rings is 2. The van der Waals surface area contributed by atoms with Crippen molar-refractivity contribution in [3.05, 3.63) is 59.1 Å². The third-order valence-corrected chi connectivity index (χ3v) is 4.44. The van der Waals surface area contributed by atoms with Crippen LogP contribution in [0, 0.1) is 0 Å². The number of hydrogen-bond donors (Lipinski definition) is 0. The van der Waals surface area contributed by atoms with Crippen molar-refractivity contribution < 1.29 is 14.1 Å². The molecule has 2 rings (SSSR count). The molecule has 5 heteroatoms. The van der Waals surface area contributed by atoms with E-state index in [0.717, 1.165) is 16.7 Å². The summed E-state index contributed by atoms with van der Waals surface area (Å²) in [4.78, 5) is 11.2. The van der Waals surface area contributed by atoms with E-state index >= 15 is 0 Å². The van der Waals surface area contributed by atoms with Crippen molar-refractivity contribution in [1.82, 2.24) is 0 Å². The van der Waals surface area contributed by atoms with Crippen LogP contribution in [-0.2, 0) is 26.5 Å². The molecule has 0 aliphatic carbocycles. The Balaban J connectivity index is 2.21. The normalized spacial score (nSPS) is 12.0. The second kappa shape index (κ2) is 7.50. The Morgan fingerprint density at radius 2 is 1.86 bits per heavy atom. The predicted molar refractivity (Wildman–Crippen MR) is 85.6 cm³/mol. The molecule has 0 saturated carbocycles. The van der Waals surface area contributed by atoms with Crippen LogP contribution in [0.3, 0.4) is 0 Å². The van der Waals surface area contributed by atoms with Crippen LogP contribution < -0.4 is 0 Å². The predicted octanol–water partition coefficient (Wildman–Crippen LogP) is 3.43. The van der Waals surface area contributed by atoms with E-state index in [9.17, 15) is 9.35 Å². The van der Waals surface area contributed by atoms with E-state index in [4.69, 9.17) is 11.6 Å². The number of ether oxygens (including phenoxy) is 1. The minimum Gasteiger partial charge on any atom is -0.616 e. The summed E-state index contributed by atoms with van der Waals surface area (Å²) in [6, 6.07) is 15.2. The van der Waals surface area contributed by atoms with Crippen molar-refractivity contribution in [3.8, 4) is 11.1 Å². The molecule has 0 N–H and O–H groups in total. The van der Waals surface area contributed by atoms with Crippen molar-refractivity contribution in [2.24, 2.45) is 0 Å². The molecule has 3 nitrogen and oxygen atoms in total. The van der Waals surface area contributed by atoms with Crippen molar-refractivity contribution in [1.29, 1.82) is 0 Å². The first-order valence-electron chi connectivity index (χ1n) is 6.36. The van der Waals surface area contributed by atoms with Crippen LogP contribution in [0.1, 0.15) is 5.56 Å². The lowest BCUT2D eigenvalue weighted by atomic mass is 10.0. The van der Waals surface area contributed by atoms with Gasteiger partial charge in [-0.25, -0.2) is 4.79 Å². The highest BCUT2D eigenvalue weighted by molar-refractivity contribution is 7.91. The maximum atomic E-state index is 12.0. The molecule has 0 amide bonds. The summed E-state index contributed by atoms with van der Waals surface area (Å²) < 4.78 is 16.5. The van der Waals surface area contributed by atoms with Gasteiger partial charge in [0, 0.05) is 10.6 Å². The molecule has 110 valence electrons. The van der Waals surface area contributed by atoms with Gasteiger partial charge in [-0.1, -0.05) is 48.0 Å². The molecular formula is C16H15ClO3S. The first-order chi connectivity index (χ1) is 10.1. The van der Waals surface area contributed by atoms with Crippen LogP contribution in [0.25, 0.3) is 11.1 Å². The van der Waals surface area contributed by atoms with Crippen LogP contribution in [0.15, 0.2) is 48.5 Å². The maximum Gasteiger partial charge on any atom is 0.356 e. The molecule has 1 unspecified atom stereocenters. The first kappa shape index (κ1) is 15.9. The van der Waals surface area contributed by atoms with Gasteiger partial charge in [0.15, 0.2) is 0 Å². The number of carbonyl (C=O) groups excluding carboxylic acids is 1. The third kappa shape index (κ3) is 4.49. The summed E-state index contributed by atoms with van der Waals surface area (Å²) >= 11 is 4.61. The van der Waals surface area contributed by atoms with Crippen LogP contribution >= 0.6 is 11.6 Å². The second-order valence-corrected chi connectivity index (χ2v) is 6.36. The van der Waals surface area contributed by atoms with Crippen LogP contribution in [-0.4, -0.2) is 23.4 Å². The van der Waals surface area contributed by atoms with Crippen molar-refractivity contribution >= 4 is 28.7 Å². The van der Waals surface area contributed by atoms with Crippen molar-refractivity contribution in [2.45, 2.75) is 5.75 Å². The minimum atomic E-state index is -1.29. The van der Waals surface area contributed by atoms with Gasteiger partial charge in [-0.2, -0.15) is 0 Å². The molecule has 0 aromatic heterocycles. The Morgan fingerprint density at radius 3 is 2.52 bits per heavy atom. The molecule has 0 fully saturated rings. The van der Waals surface area contributed by atoms with E-state index < -0.39 is 17.1 Å². The van der Waals surface area contributed by atoms with E-state index in [-0.39, 0.29) is 5.75 Å². The lowest BCUT2D eigenvalue weighted by molar-refractivity contribution is -0.137. The van der Waals surface area contributed by atoms with Gasteiger partial charge in [-0.05, 0) is 34.4 Å². The van der Waals surface area contributed by atoms with E-state index in [1.54, 1.807) is 0 Å². The van der Waals surface area contributed by atoms with Gasteiger partial charge in [0.05, 0.1) is 7.11 Å². The Bertz CT molecular complexity index is 613. The number of hydrogen-bond acceptors (Lipinski definition) is 3. The summed E-state index contributed by atoms with van der Waals surface area (Å²) in [6.07, 6.45) is 0. The van der Waals surface area contributed by atoms with Gasteiger partial charge in [0.1, 0.15) is 5.75 Å². The van der Waals surface area contributed by atoms with Gasteiger partial charge >= 0.3 is 5.97 Å². The van der Waals surface area contributed by atoms with E-state index in [1.165, 1.54) is 7.11 Å². The standard InChI is InChI=1S/C16H15ClO3S/c1-20-16(18)11-21(19)10-13-4-2-3-5-15(13)12-6-8-14(17)9-7-12/h2-9H,10-11H2,1H3. The van der Waals surface area contributed by atoms with Crippen LogP contribution in [0.5, 0.6) is 0 Å². The average molecular weight is 323 g/mol. The smallest absolute Gasteiger partial charge is 0.356 e. The Hall–Kier alpha value is -1.49. The molecule has 0 aliphatic heterocycles. The number of esters is 1. The van der Waals surface area contributed by atoms with Gasteiger partial charge in [0.25, 0.3) is 0 Å². The first-order valence-corrected chi connectivity index (χ1v) is 8.22. The monoisotopic (exact) mass is 322 g/mol. The van der Waals surface area contributed by atoms with E-state index in [2.05, 4.69) is 4.74 Å². The maximum absolute atomic E-state index is 12.0. The summed E-state index contributed by atoms with van der Waals surface area (Å²) in [5, 5.41) is 0.672. The zero-order valence-corrected chi connectivity index (χ0v) is 13.1. The van der Waals surface area contributed by atoms with Crippen LogP contribution in [0.2, 0.25) is 5.02 Å². The highest BCUT2D eigenvalue weighted by Gasteiger charge is 2.16. The molecule has 1 atom stereocenters. The Kier molecular flexibility index (Phi) is 5.67. The zero-order chi connectivity index (χ0) is 15.2. The fourth-order valence-electron chi connectivity index (χ4n) is 1.97. The number of carbonyl (C=O) groups is 1. The second-order valence-electron chi connectivity index (χ2n) is 4.47. The van der Waals surface area contributed by atoms with Gasteiger partial charge in [0.2, 0.25) is 5.75 Å². The van der Waals surface area contributed by atoms with Crippen molar-refractivity contribution in [2.75, 3.05) is 12.9 Å². The molecule has 0 spiro atoms. The number of rotatable bonds is 5. The van der Waals surface area contributed by atoms with Crippen LogP contribution in [0.4, 0.5) is 0 Å².